The van der Waals surface area contributed by atoms with Gasteiger partial charge in [-0.1, -0.05) is 31.2 Å². The van der Waals surface area contributed by atoms with Gasteiger partial charge in [-0.2, -0.15) is 0 Å². The highest BCUT2D eigenvalue weighted by molar-refractivity contribution is 5.75. The maximum absolute atomic E-state index is 12.8. The van der Waals surface area contributed by atoms with Crippen LogP contribution < -0.4 is 5.32 Å². The fourth-order valence-corrected chi connectivity index (χ4v) is 4.86. The van der Waals surface area contributed by atoms with Crippen LogP contribution in [0.15, 0.2) is 24.3 Å². The molecule has 2 amide bonds. The number of carbonyl (C=O) groups excluding carboxylic acids is 1. The summed E-state index contributed by atoms with van der Waals surface area (Å²) in [5.41, 5.74) is 2.09. The second-order valence-corrected chi connectivity index (χ2v) is 8.19. The van der Waals surface area contributed by atoms with Crippen LogP contribution in [-0.2, 0) is 21.7 Å². The van der Waals surface area contributed by atoms with Crippen LogP contribution in [0.2, 0.25) is 0 Å². The Bertz CT molecular complexity index is 745. The summed E-state index contributed by atoms with van der Waals surface area (Å²) in [7, 11) is 0. The SMILES string of the molecule is CCN(CC(=O)O)C1CC(NC(=O)N2CCCC3(C2)OCc2ccccc23)C1. The number of hydrogen-bond acceptors (Lipinski definition) is 4. The topological polar surface area (TPSA) is 82.1 Å². The first kappa shape index (κ1) is 19.2. The van der Waals surface area contributed by atoms with Crippen molar-refractivity contribution >= 4 is 12.0 Å². The van der Waals surface area contributed by atoms with Crippen molar-refractivity contribution in [1.82, 2.24) is 15.1 Å². The Morgan fingerprint density at radius 2 is 2.14 bits per heavy atom. The minimum Gasteiger partial charge on any atom is -0.480 e. The van der Waals surface area contributed by atoms with Gasteiger partial charge in [0.25, 0.3) is 0 Å². The molecule has 3 aliphatic rings. The van der Waals surface area contributed by atoms with E-state index in [0.717, 1.165) is 32.2 Å². The van der Waals surface area contributed by atoms with Gasteiger partial charge in [0.15, 0.2) is 0 Å². The Morgan fingerprint density at radius 1 is 1.36 bits per heavy atom. The molecule has 2 fully saturated rings. The lowest BCUT2D eigenvalue weighted by molar-refractivity contribution is -0.139. The van der Waals surface area contributed by atoms with Gasteiger partial charge < -0.3 is 20.1 Å². The van der Waals surface area contributed by atoms with Crippen molar-refractivity contribution < 1.29 is 19.4 Å². The van der Waals surface area contributed by atoms with E-state index in [0.29, 0.717) is 19.7 Å². The van der Waals surface area contributed by atoms with Crippen molar-refractivity contribution in [2.75, 3.05) is 26.2 Å². The summed E-state index contributed by atoms with van der Waals surface area (Å²) >= 11 is 0. The van der Waals surface area contributed by atoms with Gasteiger partial charge in [0.1, 0.15) is 5.60 Å². The number of carbonyl (C=O) groups is 2. The zero-order valence-electron chi connectivity index (χ0n) is 16.4. The molecule has 1 saturated carbocycles. The molecule has 152 valence electrons. The van der Waals surface area contributed by atoms with Crippen molar-refractivity contribution in [3.8, 4) is 0 Å². The summed E-state index contributed by atoms with van der Waals surface area (Å²) in [4.78, 5) is 27.6. The Labute approximate surface area is 165 Å². The maximum Gasteiger partial charge on any atom is 0.317 e. The van der Waals surface area contributed by atoms with Crippen molar-refractivity contribution in [3.63, 3.8) is 0 Å². The molecule has 2 N–H and O–H groups in total. The number of carboxylic acids is 1. The predicted molar refractivity (Wildman–Crippen MR) is 104 cm³/mol. The average Bonchev–Trinajstić information content (AvgIpc) is 3.00. The Hall–Kier alpha value is -2.12. The third kappa shape index (κ3) is 3.61. The highest BCUT2D eigenvalue weighted by atomic mass is 16.5. The standard InChI is InChI=1S/C21H29N3O4/c1-2-23(12-19(25)26)17-10-16(11-17)22-20(27)24-9-5-8-21(14-24)18-7-4-3-6-15(18)13-28-21/h3-4,6-7,16-17H,2,5,8-14H2,1H3,(H,22,27)(H,25,26). The van der Waals surface area contributed by atoms with E-state index in [9.17, 15) is 9.59 Å². The van der Waals surface area contributed by atoms with E-state index in [4.69, 9.17) is 9.84 Å². The molecule has 0 radical (unpaired) electrons. The maximum atomic E-state index is 12.8. The quantitative estimate of drug-likeness (QED) is 0.809. The third-order valence-electron chi connectivity index (χ3n) is 6.46. The van der Waals surface area contributed by atoms with Gasteiger partial charge >= 0.3 is 12.0 Å². The molecule has 1 unspecified atom stereocenters. The number of fused-ring (bicyclic) bond motifs is 2. The normalized spacial score (nSPS) is 28.9. The Morgan fingerprint density at radius 3 is 2.89 bits per heavy atom. The van der Waals surface area contributed by atoms with Crippen LogP contribution in [-0.4, -0.2) is 65.2 Å². The molecule has 7 nitrogen and oxygen atoms in total. The Balaban J connectivity index is 1.32. The van der Waals surface area contributed by atoms with Crippen LogP contribution in [0, 0.1) is 0 Å². The Kier molecular flexibility index (Phi) is 5.29. The van der Waals surface area contributed by atoms with E-state index in [1.54, 1.807) is 0 Å². The van der Waals surface area contributed by atoms with E-state index in [1.807, 2.05) is 28.9 Å². The van der Waals surface area contributed by atoms with Crippen molar-refractivity contribution in [1.29, 1.82) is 0 Å². The zero-order valence-corrected chi connectivity index (χ0v) is 16.4. The minimum atomic E-state index is -0.801. The lowest BCUT2D eigenvalue weighted by Crippen LogP contribution is -2.58. The first-order valence-corrected chi connectivity index (χ1v) is 10.2. The van der Waals surface area contributed by atoms with Crippen LogP contribution >= 0.6 is 0 Å². The summed E-state index contributed by atoms with van der Waals surface area (Å²) in [6, 6.07) is 8.64. The van der Waals surface area contributed by atoms with Crippen LogP contribution in [0.25, 0.3) is 0 Å². The molecule has 1 atom stereocenters. The fourth-order valence-electron chi connectivity index (χ4n) is 4.86. The summed E-state index contributed by atoms with van der Waals surface area (Å²) in [6.45, 7) is 4.70. The number of amides is 2. The molecule has 2 aliphatic heterocycles. The minimum absolute atomic E-state index is 0.0308. The van der Waals surface area contributed by atoms with Gasteiger partial charge in [0, 0.05) is 18.6 Å². The first-order valence-electron chi connectivity index (χ1n) is 10.2. The monoisotopic (exact) mass is 387 g/mol. The largest absolute Gasteiger partial charge is 0.480 e. The average molecular weight is 387 g/mol. The lowest BCUT2D eigenvalue weighted by Gasteiger charge is -2.44. The van der Waals surface area contributed by atoms with Crippen LogP contribution in [0.3, 0.4) is 0 Å². The number of hydrogen-bond donors (Lipinski definition) is 2. The van der Waals surface area contributed by atoms with Gasteiger partial charge in [-0.25, -0.2) is 4.79 Å². The van der Waals surface area contributed by atoms with Gasteiger partial charge in [0.05, 0.1) is 19.7 Å². The van der Waals surface area contributed by atoms with Crippen LogP contribution in [0.4, 0.5) is 4.79 Å². The third-order valence-corrected chi connectivity index (χ3v) is 6.46. The van der Waals surface area contributed by atoms with E-state index in [-0.39, 0.29) is 30.3 Å². The van der Waals surface area contributed by atoms with Crippen LogP contribution in [0.1, 0.15) is 43.7 Å². The number of likely N-dealkylation sites (tertiary alicyclic amines) is 1. The smallest absolute Gasteiger partial charge is 0.317 e. The molecule has 1 saturated heterocycles. The van der Waals surface area contributed by atoms with Gasteiger partial charge in [0.2, 0.25) is 0 Å². The van der Waals surface area contributed by atoms with Gasteiger partial charge in [-0.05, 0) is 43.4 Å². The number of nitrogens with one attached hydrogen (secondary N) is 1. The zero-order chi connectivity index (χ0) is 19.7. The summed E-state index contributed by atoms with van der Waals surface area (Å²) in [5, 5.41) is 12.1. The molecule has 2 heterocycles. The molecule has 28 heavy (non-hydrogen) atoms. The number of likely N-dealkylation sites (N-methyl/N-ethyl adjacent to an activating group) is 1. The van der Waals surface area contributed by atoms with Crippen molar-refractivity contribution in [3.05, 3.63) is 35.4 Å². The molecule has 7 heteroatoms. The second kappa shape index (κ2) is 7.72. The number of aliphatic carboxylic acids is 1. The molecule has 4 rings (SSSR count). The van der Waals surface area contributed by atoms with Gasteiger partial charge in [-0.3, -0.25) is 9.69 Å². The number of nitrogens with zero attached hydrogens (tertiary/aromatic N) is 2. The number of urea groups is 1. The highest BCUT2D eigenvalue weighted by Gasteiger charge is 2.45. The first-order chi connectivity index (χ1) is 13.5. The number of piperidine rings is 1. The second-order valence-electron chi connectivity index (χ2n) is 8.19. The van der Waals surface area contributed by atoms with Gasteiger partial charge in [-0.15, -0.1) is 0 Å². The van der Waals surface area contributed by atoms with Crippen molar-refractivity contribution in [2.45, 2.75) is 56.9 Å². The predicted octanol–water partition coefficient (Wildman–Crippen LogP) is 2.16. The summed E-state index contributed by atoms with van der Waals surface area (Å²) in [6.07, 6.45) is 3.49. The number of ether oxygens (including phenoxy) is 1. The van der Waals surface area contributed by atoms with E-state index < -0.39 is 5.97 Å². The molecule has 0 bridgehead atoms. The molecule has 1 aromatic carbocycles. The highest BCUT2D eigenvalue weighted by Crippen LogP contribution is 2.42. The molecule has 0 aromatic heterocycles. The summed E-state index contributed by atoms with van der Waals surface area (Å²) < 4.78 is 6.19. The number of rotatable bonds is 5. The van der Waals surface area contributed by atoms with Crippen LogP contribution in [0.5, 0.6) is 0 Å². The molecular formula is C21H29N3O4. The van der Waals surface area contributed by atoms with E-state index in [1.165, 1.54) is 11.1 Å². The lowest BCUT2D eigenvalue weighted by atomic mass is 9.84. The molecular weight excluding hydrogens is 358 g/mol. The number of carboxylic acid groups (broad SMARTS) is 1. The molecule has 1 aliphatic carbocycles. The number of benzene rings is 1. The molecule has 1 spiro atoms. The van der Waals surface area contributed by atoms with Crippen molar-refractivity contribution in [2.24, 2.45) is 0 Å². The van der Waals surface area contributed by atoms with E-state index >= 15 is 0 Å². The fraction of sp³-hybridized carbons (Fsp3) is 0.619. The summed E-state index contributed by atoms with van der Waals surface area (Å²) in [5.74, 6) is -0.801. The molecule has 1 aromatic rings. The van der Waals surface area contributed by atoms with E-state index in [2.05, 4.69) is 17.4 Å².